The number of nitrogens with zero attached hydrogens (tertiary/aromatic N) is 4. The number of nitrogens with one attached hydrogen (secondary N) is 1. The molecule has 190 valence electrons. The maximum Gasteiger partial charge on any atom is 0.333 e. The van der Waals surface area contributed by atoms with Crippen molar-refractivity contribution in [2.45, 2.75) is 71.5 Å². The molecule has 1 amide bonds. The van der Waals surface area contributed by atoms with E-state index < -0.39 is 11.2 Å². The number of imidazole rings is 1. The highest BCUT2D eigenvalue weighted by atomic mass is 16.5. The molecule has 0 saturated carbocycles. The van der Waals surface area contributed by atoms with Crippen LogP contribution in [0.25, 0.3) is 11.2 Å². The minimum Gasteiger partial charge on any atom is -0.383 e. The van der Waals surface area contributed by atoms with E-state index in [4.69, 9.17) is 4.74 Å². The normalized spacial score (nSPS) is 11.3. The largest absolute Gasteiger partial charge is 0.383 e. The van der Waals surface area contributed by atoms with E-state index in [0.717, 1.165) is 29.4 Å². The molecule has 1 N–H and O–H groups in total. The first kappa shape index (κ1) is 26.4. The van der Waals surface area contributed by atoms with Crippen molar-refractivity contribution in [1.82, 2.24) is 24.0 Å². The highest BCUT2D eigenvalue weighted by Crippen LogP contribution is 2.10. The summed E-state index contributed by atoms with van der Waals surface area (Å²) < 4.78 is 9.29. The van der Waals surface area contributed by atoms with E-state index >= 15 is 0 Å². The Morgan fingerprint density at radius 1 is 1.00 bits per heavy atom. The molecule has 0 spiro atoms. The number of ether oxygens (including phenoxy) is 1. The zero-order valence-electron chi connectivity index (χ0n) is 20.9. The van der Waals surface area contributed by atoms with Crippen molar-refractivity contribution < 1.29 is 9.53 Å². The molecule has 9 heteroatoms. The lowest BCUT2D eigenvalue weighted by molar-refractivity contribution is -0.121. The predicted octanol–water partition coefficient (Wildman–Crippen LogP) is 2.92. The SMILES string of the molecule is CCCCCCCCCNC(=O)Cn1c(=O)c2c(ncn2CCOC)n(Cc2ccccc2)c1=O. The summed E-state index contributed by atoms with van der Waals surface area (Å²) in [5, 5.41) is 2.86. The maximum atomic E-state index is 13.3. The first-order valence-electron chi connectivity index (χ1n) is 12.5. The van der Waals surface area contributed by atoms with Crippen molar-refractivity contribution in [2.75, 3.05) is 20.3 Å². The molecule has 0 radical (unpaired) electrons. The lowest BCUT2D eigenvalue weighted by Crippen LogP contribution is -2.44. The van der Waals surface area contributed by atoms with Crippen molar-refractivity contribution in [2.24, 2.45) is 0 Å². The molecular weight excluding hydrogens is 446 g/mol. The number of hydrogen-bond acceptors (Lipinski definition) is 5. The summed E-state index contributed by atoms with van der Waals surface area (Å²) in [6.45, 7) is 3.46. The van der Waals surface area contributed by atoms with Gasteiger partial charge in [0.1, 0.15) is 6.54 Å². The van der Waals surface area contributed by atoms with Crippen LogP contribution in [0.2, 0.25) is 0 Å². The number of aromatic nitrogens is 4. The molecule has 1 aromatic carbocycles. The molecule has 0 aliphatic carbocycles. The van der Waals surface area contributed by atoms with Crippen LogP contribution in [0.15, 0.2) is 46.2 Å². The third-order valence-corrected chi connectivity index (χ3v) is 6.11. The van der Waals surface area contributed by atoms with Crippen LogP contribution in [-0.4, -0.2) is 44.9 Å². The van der Waals surface area contributed by atoms with Gasteiger partial charge in [0.2, 0.25) is 5.91 Å². The van der Waals surface area contributed by atoms with Crippen molar-refractivity contribution in [1.29, 1.82) is 0 Å². The Bertz CT molecular complexity index is 1200. The van der Waals surface area contributed by atoms with E-state index in [1.165, 1.54) is 36.6 Å². The highest BCUT2D eigenvalue weighted by Gasteiger charge is 2.19. The molecule has 3 aromatic rings. The highest BCUT2D eigenvalue weighted by molar-refractivity contribution is 5.76. The first-order chi connectivity index (χ1) is 17.1. The molecule has 0 aliphatic rings. The molecule has 0 aliphatic heterocycles. The fraction of sp³-hybridized carbons (Fsp3) is 0.538. The topological polar surface area (TPSA) is 100 Å². The Labute approximate surface area is 205 Å². The number of unbranched alkanes of at least 4 members (excludes halogenated alkanes) is 6. The number of amides is 1. The number of rotatable bonds is 15. The van der Waals surface area contributed by atoms with E-state index in [1.807, 2.05) is 30.3 Å². The molecule has 35 heavy (non-hydrogen) atoms. The van der Waals surface area contributed by atoms with Gasteiger partial charge in [0.05, 0.1) is 19.5 Å². The summed E-state index contributed by atoms with van der Waals surface area (Å²) in [6.07, 6.45) is 9.59. The second-order valence-electron chi connectivity index (χ2n) is 8.82. The van der Waals surface area contributed by atoms with Crippen LogP contribution in [0.4, 0.5) is 0 Å². The van der Waals surface area contributed by atoms with Gasteiger partial charge in [-0.2, -0.15) is 0 Å². The van der Waals surface area contributed by atoms with Crippen molar-refractivity contribution >= 4 is 17.1 Å². The maximum absolute atomic E-state index is 13.3. The van der Waals surface area contributed by atoms with E-state index in [-0.39, 0.29) is 24.5 Å². The molecule has 0 fully saturated rings. The summed E-state index contributed by atoms with van der Waals surface area (Å²) in [7, 11) is 1.58. The fourth-order valence-corrected chi connectivity index (χ4v) is 4.16. The number of carbonyl (C=O) groups is 1. The Morgan fingerprint density at radius 2 is 1.71 bits per heavy atom. The summed E-state index contributed by atoms with van der Waals surface area (Å²) >= 11 is 0. The zero-order valence-corrected chi connectivity index (χ0v) is 20.9. The van der Waals surface area contributed by atoms with E-state index in [1.54, 1.807) is 11.7 Å². The Hall–Kier alpha value is -3.20. The second kappa shape index (κ2) is 13.6. The van der Waals surface area contributed by atoms with Gasteiger partial charge < -0.3 is 14.6 Å². The summed E-state index contributed by atoms with van der Waals surface area (Å²) in [5.41, 5.74) is 0.427. The molecule has 9 nitrogen and oxygen atoms in total. The molecular formula is C26H37N5O4. The number of benzene rings is 1. The van der Waals surface area contributed by atoms with Gasteiger partial charge >= 0.3 is 5.69 Å². The minimum absolute atomic E-state index is 0.247. The molecule has 0 unspecified atom stereocenters. The smallest absolute Gasteiger partial charge is 0.333 e. The lowest BCUT2D eigenvalue weighted by atomic mass is 10.1. The standard InChI is InChI=1S/C26H37N5O4/c1-3-4-5-6-7-8-12-15-27-22(32)19-31-25(33)23-24(28-20-29(23)16-17-35-2)30(26(31)34)18-21-13-10-9-11-14-21/h9-11,13-14,20H,3-8,12,15-19H2,1-2H3,(H,27,32). The third-order valence-electron chi connectivity index (χ3n) is 6.11. The Balaban J connectivity index is 1.78. The predicted molar refractivity (Wildman–Crippen MR) is 137 cm³/mol. The number of fused-ring (bicyclic) bond motifs is 1. The van der Waals surface area contributed by atoms with Crippen LogP contribution >= 0.6 is 0 Å². The monoisotopic (exact) mass is 483 g/mol. The van der Waals surface area contributed by atoms with Gasteiger partial charge in [-0.1, -0.05) is 75.8 Å². The van der Waals surface area contributed by atoms with Gasteiger partial charge in [0.25, 0.3) is 5.56 Å². The summed E-state index contributed by atoms with van der Waals surface area (Å²) in [6, 6.07) is 9.50. The van der Waals surface area contributed by atoms with E-state index in [9.17, 15) is 14.4 Å². The average molecular weight is 484 g/mol. The van der Waals surface area contributed by atoms with Crippen molar-refractivity contribution in [3.05, 3.63) is 63.1 Å². The van der Waals surface area contributed by atoms with Crippen LogP contribution < -0.4 is 16.6 Å². The molecule has 0 atom stereocenters. The van der Waals surface area contributed by atoms with Gasteiger partial charge in [0.15, 0.2) is 11.2 Å². The quantitative estimate of drug-likeness (QED) is 0.335. The number of methoxy groups -OCH3 is 1. The first-order valence-corrected chi connectivity index (χ1v) is 12.5. The zero-order chi connectivity index (χ0) is 25.0. The van der Waals surface area contributed by atoms with Crippen LogP contribution in [-0.2, 0) is 29.2 Å². The van der Waals surface area contributed by atoms with Gasteiger partial charge in [-0.25, -0.2) is 14.3 Å². The van der Waals surface area contributed by atoms with Gasteiger partial charge in [-0.15, -0.1) is 0 Å². The number of carbonyl (C=O) groups excluding carboxylic acids is 1. The van der Waals surface area contributed by atoms with Crippen molar-refractivity contribution in [3.8, 4) is 0 Å². The Kier molecular flexibility index (Phi) is 10.3. The molecule has 2 heterocycles. The van der Waals surface area contributed by atoms with E-state index in [0.29, 0.717) is 25.3 Å². The van der Waals surface area contributed by atoms with Gasteiger partial charge in [0, 0.05) is 20.2 Å². The average Bonchev–Trinajstić information content (AvgIpc) is 3.29. The van der Waals surface area contributed by atoms with Crippen LogP contribution in [0.1, 0.15) is 57.4 Å². The summed E-state index contributed by atoms with van der Waals surface area (Å²) in [4.78, 5) is 43.6. The molecule has 3 rings (SSSR count). The van der Waals surface area contributed by atoms with Gasteiger partial charge in [-0.3, -0.25) is 14.2 Å². The van der Waals surface area contributed by atoms with Crippen LogP contribution in [0.3, 0.4) is 0 Å². The number of hydrogen-bond donors (Lipinski definition) is 1. The van der Waals surface area contributed by atoms with Crippen LogP contribution in [0, 0.1) is 0 Å². The molecule has 0 bridgehead atoms. The Morgan fingerprint density at radius 3 is 2.43 bits per heavy atom. The fourth-order valence-electron chi connectivity index (χ4n) is 4.16. The third kappa shape index (κ3) is 7.14. The molecule has 2 aromatic heterocycles. The van der Waals surface area contributed by atoms with Gasteiger partial charge in [-0.05, 0) is 12.0 Å². The van der Waals surface area contributed by atoms with Crippen molar-refractivity contribution in [3.63, 3.8) is 0 Å². The van der Waals surface area contributed by atoms with Crippen LogP contribution in [0.5, 0.6) is 0 Å². The van der Waals surface area contributed by atoms with E-state index in [2.05, 4.69) is 17.2 Å². The lowest BCUT2D eigenvalue weighted by Gasteiger charge is -2.13. The molecule has 0 saturated heterocycles. The summed E-state index contributed by atoms with van der Waals surface area (Å²) in [5.74, 6) is -0.344. The second-order valence-corrected chi connectivity index (χ2v) is 8.82. The minimum atomic E-state index is -0.547.